The van der Waals surface area contributed by atoms with Crippen molar-refractivity contribution in [1.29, 1.82) is 0 Å². The molecule has 1 amide bonds. The summed E-state index contributed by atoms with van der Waals surface area (Å²) in [5.74, 6) is 0.0771. The first-order valence-electron chi connectivity index (χ1n) is 6.25. The van der Waals surface area contributed by atoms with E-state index in [9.17, 15) is 4.79 Å². The number of nitrogen functional groups attached to an aromatic ring is 1. The lowest BCUT2D eigenvalue weighted by molar-refractivity contribution is 0.0545. The molecule has 1 aromatic rings. The van der Waals surface area contributed by atoms with E-state index in [-0.39, 0.29) is 5.91 Å². The Morgan fingerprint density at radius 1 is 1.56 bits per heavy atom. The van der Waals surface area contributed by atoms with Crippen molar-refractivity contribution >= 4 is 22.4 Å². The van der Waals surface area contributed by atoms with Crippen LogP contribution in [-0.2, 0) is 0 Å². The summed E-state index contributed by atoms with van der Waals surface area (Å²) in [6.45, 7) is 6.50. The number of nitrogens with zero attached hydrogens (tertiary/aromatic N) is 3. The third-order valence-corrected chi connectivity index (χ3v) is 4.52. The monoisotopic (exact) mass is 268 g/mol. The van der Waals surface area contributed by atoms with Gasteiger partial charge >= 0.3 is 0 Å². The van der Waals surface area contributed by atoms with Crippen LogP contribution in [0.1, 0.15) is 28.7 Å². The first kappa shape index (κ1) is 13.3. The van der Waals surface area contributed by atoms with Gasteiger partial charge < -0.3 is 10.6 Å². The van der Waals surface area contributed by atoms with Gasteiger partial charge in [-0.2, -0.15) is 0 Å². The van der Waals surface area contributed by atoms with Crippen molar-refractivity contribution < 1.29 is 4.79 Å². The van der Waals surface area contributed by atoms with Gasteiger partial charge in [0.15, 0.2) is 5.13 Å². The lowest BCUT2D eigenvalue weighted by atomic mass is 10.1. The standard InChI is InChI=1S/C12H20N4OS/c1-4-9-7-16(6-5-15(9)3)11(17)10-8(2)14-12(13)18-10/h9H,4-7H2,1-3H3,(H2,13,14). The second kappa shape index (κ2) is 5.24. The maximum absolute atomic E-state index is 12.4. The van der Waals surface area contributed by atoms with Crippen LogP contribution in [0.15, 0.2) is 0 Å². The maximum Gasteiger partial charge on any atom is 0.266 e. The first-order chi connectivity index (χ1) is 8.52. The average Bonchev–Trinajstić information content (AvgIpc) is 2.68. The number of hydrogen-bond donors (Lipinski definition) is 1. The molecule has 2 N–H and O–H groups in total. The number of nitrogens with two attached hydrogens (primary N) is 1. The van der Waals surface area contributed by atoms with Gasteiger partial charge in [-0.05, 0) is 20.4 Å². The highest BCUT2D eigenvalue weighted by Gasteiger charge is 2.28. The lowest BCUT2D eigenvalue weighted by Crippen LogP contribution is -2.52. The predicted molar refractivity (Wildman–Crippen MR) is 73.9 cm³/mol. The van der Waals surface area contributed by atoms with Crippen molar-refractivity contribution in [2.75, 3.05) is 32.4 Å². The molecular formula is C12H20N4OS. The molecule has 0 spiro atoms. The van der Waals surface area contributed by atoms with Crippen LogP contribution in [0.2, 0.25) is 0 Å². The minimum atomic E-state index is 0.0771. The second-order valence-electron chi connectivity index (χ2n) is 4.76. The van der Waals surface area contributed by atoms with Gasteiger partial charge in [-0.1, -0.05) is 18.3 Å². The number of carbonyl (C=O) groups excluding carboxylic acids is 1. The smallest absolute Gasteiger partial charge is 0.266 e. The molecule has 2 rings (SSSR count). The molecule has 18 heavy (non-hydrogen) atoms. The molecule has 1 saturated heterocycles. The van der Waals surface area contributed by atoms with Gasteiger partial charge in [-0.3, -0.25) is 9.69 Å². The number of aryl methyl sites for hydroxylation is 1. The van der Waals surface area contributed by atoms with Gasteiger partial charge in [-0.15, -0.1) is 0 Å². The molecule has 0 aromatic carbocycles. The number of rotatable bonds is 2. The van der Waals surface area contributed by atoms with Crippen LogP contribution in [0.4, 0.5) is 5.13 Å². The van der Waals surface area contributed by atoms with E-state index in [0.717, 1.165) is 31.7 Å². The molecule has 0 radical (unpaired) electrons. The molecule has 0 aliphatic carbocycles. The third kappa shape index (κ3) is 2.49. The van der Waals surface area contributed by atoms with E-state index in [1.807, 2.05) is 11.8 Å². The summed E-state index contributed by atoms with van der Waals surface area (Å²) in [6.07, 6.45) is 1.06. The Labute approximate surface area is 112 Å². The second-order valence-corrected chi connectivity index (χ2v) is 5.79. The summed E-state index contributed by atoms with van der Waals surface area (Å²) in [5.41, 5.74) is 6.40. The molecule has 100 valence electrons. The number of anilines is 1. The van der Waals surface area contributed by atoms with Gasteiger partial charge in [0, 0.05) is 25.7 Å². The summed E-state index contributed by atoms with van der Waals surface area (Å²) in [7, 11) is 2.12. The van der Waals surface area contributed by atoms with E-state index < -0.39 is 0 Å². The maximum atomic E-state index is 12.4. The number of aromatic nitrogens is 1. The quantitative estimate of drug-likeness (QED) is 0.875. The Morgan fingerprint density at radius 2 is 2.28 bits per heavy atom. The predicted octanol–water partition coefficient (Wildman–Crippen LogP) is 1.20. The Hall–Kier alpha value is -1.14. The Bertz CT molecular complexity index is 445. The van der Waals surface area contributed by atoms with E-state index in [4.69, 9.17) is 5.73 Å². The third-order valence-electron chi connectivity index (χ3n) is 3.54. The van der Waals surface area contributed by atoms with E-state index in [1.54, 1.807) is 0 Å². The fourth-order valence-electron chi connectivity index (χ4n) is 2.33. The Kier molecular flexibility index (Phi) is 3.87. The zero-order chi connectivity index (χ0) is 13.3. The summed E-state index contributed by atoms with van der Waals surface area (Å²) in [6, 6.07) is 0.452. The van der Waals surface area contributed by atoms with Crippen molar-refractivity contribution in [3.8, 4) is 0 Å². The van der Waals surface area contributed by atoms with Crippen LogP contribution in [0.25, 0.3) is 0 Å². The number of hydrogen-bond acceptors (Lipinski definition) is 5. The molecule has 6 heteroatoms. The van der Waals surface area contributed by atoms with Crippen LogP contribution < -0.4 is 5.73 Å². The highest BCUT2D eigenvalue weighted by atomic mass is 32.1. The van der Waals surface area contributed by atoms with Crippen LogP contribution >= 0.6 is 11.3 Å². The van der Waals surface area contributed by atoms with E-state index >= 15 is 0 Å². The van der Waals surface area contributed by atoms with Crippen molar-refractivity contribution in [3.05, 3.63) is 10.6 Å². The SMILES string of the molecule is CCC1CN(C(=O)c2sc(N)nc2C)CCN1C. The fraction of sp³-hybridized carbons (Fsp3) is 0.667. The van der Waals surface area contributed by atoms with E-state index in [1.165, 1.54) is 11.3 Å². The minimum absolute atomic E-state index is 0.0771. The molecule has 1 unspecified atom stereocenters. The molecule has 5 nitrogen and oxygen atoms in total. The Morgan fingerprint density at radius 3 is 2.83 bits per heavy atom. The van der Waals surface area contributed by atoms with Crippen molar-refractivity contribution in [2.45, 2.75) is 26.3 Å². The number of likely N-dealkylation sites (N-methyl/N-ethyl adjacent to an activating group) is 1. The summed E-state index contributed by atoms with van der Waals surface area (Å²) in [5, 5.41) is 0.469. The molecule has 2 heterocycles. The number of amides is 1. The molecule has 0 saturated carbocycles. The zero-order valence-corrected chi connectivity index (χ0v) is 12.0. The molecular weight excluding hydrogens is 248 g/mol. The van der Waals surface area contributed by atoms with Gasteiger partial charge in [0.05, 0.1) is 5.69 Å². The van der Waals surface area contributed by atoms with Gasteiger partial charge in [0.1, 0.15) is 4.88 Å². The highest BCUT2D eigenvalue weighted by molar-refractivity contribution is 7.17. The highest BCUT2D eigenvalue weighted by Crippen LogP contribution is 2.23. The molecule has 1 atom stereocenters. The number of thiazole rings is 1. The molecule has 1 aromatic heterocycles. The topological polar surface area (TPSA) is 62.5 Å². The summed E-state index contributed by atoms with van der Waals surface area (Å²) < 4.78 is 0. The summed E-state index contributed by atoms with van der Waals surface area (Å²) in [4.78, 5) is 21.5. The van der Waals surface area contributed by atoms with Crippen LogP contribution in [0.5, 0.6) is 0 Å². The summed E-state index contributed by atoms with van der Waals surface area (Å²) >= 11 is 1.29. The molecule has 1 aliphatic heterocycles. The van der Waals surface area contributed by atoms with E-state index in [0.29, 0.717) is 16.1 Å². The normalized spacial score (nSPS) is 21.3. The van der Waals surface area contributed by atoms with Gasteiger partial charge in [0.25, 0.3) is 5.91 Å². The van der Waals surface area contributed by atoms with Crippen molar-refractivity contribution in [2.24, 2.45) is 0 Å². The Balaban J connectivity index is 2.12. The van der Waals surface area contributed by atoms with Crippen LogP contribution in [0.3, 0.4) is 0 Å². The van der Waals surface area contributed by atoms with E-state index in [2.05, 4.69) is 23.9 Å². The van der Waals surface area contributed by atoms with Crippen LogP contribution in [0, 0.1) is 6.92 Å². The van der Waals surface area contributed by atoms with Gasteiger partial charge in [-0.25, -0.2) is 4.98 Å². The number of carbonyl (C=O) groups is 1. The fourth-order valence-corrected chi connectivity index (χ4v) is 3.13. The lowest BCUT2D eigenvalue weighted by Gasteiger charge is -2.39. The first-order valence-corrected chi connectivity index (χ1v) is 7.07. The zero-order valence-electron chi connectivity index (χ0n) is 11.1. The number of piperazine rings is 1. The average molecular weight is 268 g/mol. The minimum Gasteiger partial charge on any atom is -0.375 e. The molecule has 1 fully saturated rings. The molecule has 1 aliphatic rings. The van der Waals surface area contributed by atoms with Crippen molar-refractivity contribution in [3.63, 3.8) is 0 Å². The van der Waals surface area contributed by atoms with Crippen molar-refractivity contribution in [1.82, 2.24) is 14.8 Å². The molecule has 0 bridgehead atoms. The largest absolute Gasteiger partial charge is 0.375 e. The van der Waals surface area contributed by atoms with Crippen LogP contribution in [-0.4, -0.2) is 53.4 Å². The van der Waals surface area contributed by atoms with Gasteiger partial charge in [0.2, 0.25) is 0 Å².